The second-order valence-corrected chi connectivity index (χ2v) is 9.63. The van der Waals surface area contributed by atoms with E-state index in [1.165, 1.54) is 11.4 Å². The number of aliphatic hydroxyl groups is 3. The lowest BCUT2D eigenvalue weighted by Gasteiger charge is -2.50. The number of hydrogen-bond acceptors (Lipinski definition) is 9. The molecular formula is C19H31N6O5. The first-order chi connectivity index (χ1) is 14.0. The van der Waals surface area contributed by atoms with E-state index in [-0.39, 0.29) is 6.04 Å². The van der Waals surface area contributed by atoms with Gasteiger partial charge in [0.25, 0.3) is 0 Å². The van der Waals surface area contributed by atoms with E-state index in [0.717, 1.165) is 0 Å². The third-order valence-corrected chi connectivity index (χ3v) is 6.28. The molecule has 0 aromatic carbocycles. The monoisotopic (exact) mass is 423 g/mol. The molecule has 1 radical (unpaired) electrons. The van der Waals surface area contributed by atoms with Crippen molar-refractivity contribution in [1.29, 1.82) is 0 Å². The number of aliphatic imine (C=N–C) groups is 1. The van der Waals surface area contributed by atoms with Crippen LogP contribution in [0.15, 0.2) is 11.3 Å². The van der Waals surface area contributed by atoms with Gasteiger partial charge >= 0.3 is 0 Å². The third-order valence-electron chi connectivity index (χ3n) is 6.28. The predicted octanol–water partition coefficient (Wildman–Crippen LogP) is -0.0963. The van der Waals surface area contributed by atoms with E-state index in [1.54, 1.807) is 10.9 Å². The Labute approximate surface area is 175 Å². The number of aliphatic hydroxyl groups excluding tert-OH is 3. The predicted molar refractivity (Wildman–Crippen MR) is 107 cm³/mol. The zero-order chi connectivity index (χ0) is 21.8. The van der Waals surface area contributed by atoms with Crippen LogP contribution in [0.5, 0.6) is 0 Å². The van der Waals surface area contributed by atoms with Gasteiger partial charge < -0.3 is 25.4 Å². The summed E-state index contributed by atoms with van der Waals surface area (Å²) < 4.78 is 7.23. The summed E-state index contributed by atoms with van der Waals surface area (Å²) >= 11 is 0. The molecule has 2 fully saturated rings. The maximum Gasteiger partial charge on any atom is 0.165 e. The Kier molecular flexibility index (Phi) is 5.42. The molecule has 4 rings (SSSR count). The number of ether oxygens (including phenoxy) is 1. The highest BCUT2D eigenvalue weighted by Gasteiger charge is 2.47. The van der Waals surface area contributed by atoms with E-state index in [9.17, 15) is 20.5 Å². The van der Waals surface area contributed by atoms with Crippen molar-refractivity contribution >= 4 is 12.2 Å². The molecule has 1 aromatic heterocycles. The second-order valence-electron chi connectivity index (χ2n) is 9.63. The number of hydrogen-bond donors (Lipinski definition) is 5. The summed E-state index contributed by atoms with van der Waals surface area (Å²) in [6, 6.07) is 0.0624. The highest BCUT2D eigenvalue weighted by molar-refractivity contribution is 5.78. The standard InChI is InChI=1S/C19H31N6O5/c1-18(2)5-10(6-19(3,4)25(18)29)23-15-12-16(21-8-20-15)24(9-22-12)17-14(28)13(27)11(7-26)30-17/h8-11,13-15,17,23,26-28H,5-7H2,1-4H3,(H,20,21)/t11-,13-,14-,15?,17-/m1/s1. The first-order valence-electron chi connectivity index (χ1n) is 10.3. The SMILES string of the molecule is CC1(C)CC(NC2N=CNc3c2ncn3[C@@H]2O[C@H](CO)[C@@H](O)[C@H]2O)CC(C)(C)N1[O]. The van der Waals surface area contributed by atoms with Gasteiger partial charge in [0.2, 0.25) is 0 Å². The van der Waals surface area contributed by atoms with Crippen LogP contribution in [-0.4, -0.2) is 78.3 Å². The smallest absolute Gasteiger partial charge is 0.165 e. The van der Waals surface area contributed by atoms with Gasteiger partial charge in [0.15, 0.2) is 6.23 Å². The van der Waals surface area contributed by atoms with Crippen molar-refractivity contribution in [2.45, 2.75) is 88.4 Å². The molecule has 1 unspecified atom stereocenters. The minimum Gasteiger partial charge on any atom is -0.394 e. The van der Waals surface area contributed by atoms with E-state index < -0.39 is 48.4 Å². The number of hydroxylamine groups is 2. The molecule has 0 saturated carbocycles. The number of imidazole rings is 1. The fourth-order valence-electron chi connectivity index (χ4n) is 5.00. The molecule has 2 saturated heterocycles. The van der Waals surface area contributed by atoms with Gasteiger partial charge in [0, 0.05) is 17.1 Å². The third kappa shape index (κ3) is 3.54. The molecule has 167 valence electrons. The lowest BCUT2D eigenvalue weighted by Crippen LogP contribution is -2.62. The van der Waals surface area contributed by atoms with Crippen LogP contribution in [0.3, 0.4) is 0 Å². The van der Waals surface area contributed by atoms with E-state index in [0.29, 0.717) is 24.4 Å². The highest BCUT2D eigenvalue weighted by Crippen LogP contribution is 2.39. The van der Waals surface area contributed by atoms with Crippen LogP contribution in [0.1, 0.15) is 58.6 Å². The van der Waals surface area contributed by atoms with Crippen LogP contribution in [0.4, 0.5) is 5.82 Å². The molecule has 11 nitrogen and oxygen atoms in total. The number of aromatic nitrogens is 2. The molecule has 5 N–H and O–H groups in total. The fraction of sp³-hybridized carbons (Fsp3) is 0.789. The zero-order valence-corrected chi connectivity index (χ0v) is 17.7. The molecule has 0 amide bonds. The first-order valence-corrected chi connectivity index (χ1v) is 10.3. The Balaban J connectivity index is 1.54. The molecule has 3 aliphatic heterocycles. The van der Waals surface area contributed by atoms with Crippen molar-refractivity contribution in [1.82, 2.24) is 19.9 Å². The van der Waals surface area contributed by atoms with Crippen molar-refractivity contribution in [3.05, 3.63) is 12.0 Å². The molecule has 0 aliphatic carbocycles. The van der Waals surface area contributed by atoms with Gasteiger partial charge in [-0.05, 0) is 40.5 Å². The van der Waals surface area contributed by atoms with E-state index in [1.807, 2.05) is 27.7 Å². The molecule has 1 aromatic rings. The van der Waals surface area contributed by atoms with Crippen molar-refractivity contribution in [2.75, 3.05) is 11.9 Å². The van der Waals surface area contributed by atoms with Crippen LogP contribution in [0, 0.1) is 0 Å². The Morgan fingerprint density at radius 2 is 1.90 bits per heavy atom. The summed E-state index contributed by atoms with van der Waals surface area (Å²) in [5, 5.41) is 50.1. The van der Waals surface area contributed by atoms with Crippen LogP contribution < -0.4 is 10.6 Å². The summed E-state index contributed by atoms with van der Waals surface area (Å²) in [6.07, 6.45) is -0.135. The number of nitrogens with zero attached hydrogens (tertiary/aromatic N) is 4. The number of fused-ring (bicyclic) bond motifs is 1. The first kappa shape index (κ1) is 21.6. The van der Waals surface area contributed by atoms with Gasteiger partial charge in [0.05, 0.1) is 19.3 Å². The fourth-order valence-corrected chi connectivity index (χ4v) is 5.00. The summed E-state index contributed by atoms with van der Waals surface area (Å²) in [7, 11) is 0. The number of rotatable bonds is 4. The quantitative estimate of drug-likeness (QED) is 0.451. The molecule has 3 aliphatic rings. The van der Waals surface area contributed by atoms with E-state index in [4.69, 9.17) is 4.74 Å². The Bertz CT molecular complexity index is 793. The molecule has 11 heteroatoms. The van der Waals surface area contributed by atoms with Crippen LogP contribution >= 0.6 is 0 Å². The van der Waals surface area contributed by atoms with Crippen molar-refractivity contribution in [2.24, 2.45) is 4.99 Å². The summed E-state index contributed by atoms with van der Waals surface area (Å²) in [6.45, 7) is 7.40. The average molecular weight is 423 g/mol. The van der Waals surface area contributed by atoms with Gasteiger partial charge in [-0.15, -0.1) is 10.3 Å². The zero-order valence-electron chi connectivity index (χ0n) is 17.7. The van der Waals surface area contributed by atoms with Gasteiger partial charge in [-0.3, -0.25) is 9.88 Å². The van der Waals surface area contributed by atoms with Gasteiger partial charge in [-0.25, -0.2) is 9.98 Å². The van der Waals surface area contributed by atoms with Crippen LogP contribution in [-0.2, 0) is 9.94 Å². The van der Waals surface area contributed by atoms with E-state index in [2.05, 4.69) is 20.6 Å². The second kappa shape index (κ2) is 7.52. The number of piperidine rings is 1. The van der Waals surface area contributed by atoms with E-state index >= 15 is 0 Å². The summed E-state index contributed by atoms with van der Waals surface area (Å²) in [5.74, 6) is 0.595. The maximum absolute atomic E-state index is 12.6. The minimum absolute atomic E-state index is 0.0624. The summed E-state index contributed by atoms with van der Waals surface area (Å²) in [4.78, 5) is 8.94. The molecule has 5 atom stereocenters. The van der Waals surface area contributed by atoms with Crippen LogP contribution in [0.25, 0.3) is 0 Å². The molecule has 0 bridgehead atoms. The minimum atomic E-state index is -1.20. The van der Waals surface area contributed by atoms with Gasteiger partial charge in [-0.1, -0.05) is 0 Å². The topological polar surface area (TPSA) is 147 Å². The van der Waals surface area contributed by atoms with Gasteiger partial charge in [-0.2, -0.15) is 0 Å². The molecule has 0 spiro atoms. The number of nitrogens with one attached hydrogen (secondary N) is 2. The Morgan fingerprint density at radius 1 is 1.23 bits per heavy atom. The van der Waals surface area contributed by atoms with Gasteiger partial charge in [0.1, 0.15) is 36.0 Å². The van der Waals surface area contributed by atoms with Crippen molar-refractivity contribution in [3.8, 4) is 0 Å². The number of anilines is 1. The summed E-state index contributed by atoms with van der Waals surface area (Å²) in [5.41, 5.74) is -0.374. The lowest BCUT2D eigenvalue weighted by atomic mass is 9.79. The highest BCUT2D eigenvalue weighted by atomic mass is 16.6. The molecule has 30 heavy (non-hydrogen) atoms. The van der Waals surface area contributed by atoms with Crippen molar-refractivity contribution < 1.29 is 25.3 Å². The Hall–Kier alpha value is -1.60. The Morgan fingerprint density at radius 3 is 2.50 bits per heavy atom. The average Bonchev–Trinajstić information content (AvgIpc) is 3.22. The normalized spacial score (nSPS) is 35.9. The molecular weight excluding hydrogens is 392 g/mol. The van der Waals surface area contributed by atoms with Crippen molar-refractivity contribution in [3.63, 3.8) is 0 Å². The molecule has 4 heterocycles. The maximum atomic E-state index is 12.6. The largest absolute Gasteiger partial charge is 0.394 e. The van der Waals surface area contributed by atoms with Crippen LogP contribution in [0.2, 0.25) is 0 Å². The lowest BCUT2D eigenvalue weighted by molar-refractivity contribution is -0.290.